The molecule has 1 aromatic carbocycles. The van der Waals surface area contributed by atoms with Gasteiger partial charge in [-0.15, -0.1) is 6.58 Å². The lowest BCUT2D eigenvalue weighted by molar-refractivity contribution is -0.157. The van der Waals surface area contributed by atoms with E-state index >= 15 is 0 Å². The summed E-state index contributed by atoms with van der Waals surface area (Å²) in [5.74, 6) is -1.60. The average molecular weight is 501 g/mol. The van der Waals surface area contributed by atoms with Crippen LogP contribution in [0, 0.1) is 23.6 Å². The Morgan fingerprint density at radius 3 is 2.75 bits per heavy atom. The number of urea groups is 1. The van der Waals surface area contributed by atoms with Gasteiger partial charge in [0.1, 0.15) is 12.4 Å². The van der Waals surface area contributed by atoms with Crippen molar-refractivity contribution < 1.29 is 23.6 Å². The number of hydrogen-bond donors (Lipinski definition) is 3. The molecule has 1 saturated carbocycles. The maximum atomic E-state index is 13.5. The van der Waals surface area contributed by atoms with E-state index < -0.39 is 36.0 Å². The number of carbonyl (C=O) groups is 4. The molecule has 36 heavy (non-hydrogen) atoms. The fourth-order valence-corrected chi connectivity index (χ4v) is 5.16. The first-order valence-corrected chi connectivity index (χ1v) is 12.3. The predicted octanol–water partition coefficient (Wildman–Crippen LogP) is 1.88. The molecule has 1 aliphatic carbocycles. The highest BCUT2D eigenvalue weighted by molar-refractivity contribution is 5.95. The number of nitrogens with one attached hydrogen (secondary N) is 3. The van der Waals surface area contributed by atoms with Crippen LogP contribution in [0.15, 0.2) is 36.9 Å². The summed E-state index contributed by atoms with van der Waals surface area (Å²) in [7, 11) is 0. The van der Waals surface area contributed by atoms with Gasteiger partial charge in [-0.25, -0.2) is 14.2 Å². The topological polar surface area (TPSA) is 114 Å². The van der Waals surface area contributed by atoms with Crippen molar-refractivity contribution in [2.45, 2.75) is 45.4 Å². The summed E-state index contributed by atoms with van der Waals surface area (Å²) >= 11 is 0. The van der Waals surface area contributed by atoms with Gasteiger partial charge in [0.2, 0.25) is 17.7 Å². The Hall–Kier alpha value is -3.47. The summed E-state index contributed by atoms with van der Waals surface area (Å²) < 4.78 is 13.5. The van der Waals surface area contributed by atoms with Crippen molar-refractivity contribution in [2.24, 2.45) is 17.8 Å². The second-order valence-electron chi connectivity index (χ2n) is 9.94. The Labute approximate surface area is 209 Å². The summed E-state index contributed by atoms with van der Waals surface area (Å²) in [5, 5.41) is 6.70. The zero-order valence-corrected chi connectivity index (χ0v) is 20.6. The molecule has 2 saturated heterocycles. The van der Waals surface area contributed by atoms with E-state index in [0.29, 0.717) is 31.7 Å². The van der Waals surface area contributed by atoms with Crippen LogP contribution in [0.25, 0.3) is 0 Å². The van der Waals surface area contributed by atoms with Gasteiger partial charge in [-0.3, -0.25) is 19.3 Å². The lowest BCUT2D eigenvalue weighted by atomic mass is 9.75. The normalized spacial score (nSPS) is 25.5. The summed E-state index contributed by atoms with van der Waals surface area (Å²) in [6, 6.07) is 4.55. The van der Waals surface area contributed by atoms with E-state index in [2.05, 4.69) is 22.6 Å². The van der Waals surface area contributed by atoms with Gasteiger partial charge in [0, 0.05) is 30.7 Å². The molecule has 3 aliphatic rings. The number of hydrogen-bond acceptors (Lipinski definition) is 5. The number of nitrogens with zero attached hydrogens (tertiary/aromatic N) is 3. The first-order valence-electron chi connectivity index (χ1n) is 12.3. The third-order valence-electron chi connectivity index (χ3n) is 6.85. The summed E-state index contributed by atoms with van der Waals surface area (Å²) in [4.78, 5) is 55.3. The lowest BCUT2D eigenvalue weighted by Gasteiger charge is -2.49. The van der Waals surface area contributed by atoms with Gasteiger partial charge in [-0.1, -0.05) is 26.0 Å². The largest absolute Gasteiger partial charge is 0.356 e. The van der Waals surface area contributed by atoms with E-state index in [9.17, 15) is 23.6 Å². The van der Waals surface area contributed by atoms with Crippen LogP contribution in [-0.2, 0) is 14.4 Å². The number of rotatable bonds is 8. The molecule has 4 unspecified atom stereocenters. The summed E-state index contributed by atoms with van der Waals surface area (Å²) in [5.41, 5.74) is 3.26. The first-order chi connectivity index (χ1) is 17.2. The number of fused-ring (bicyclic) bond motifs is 3. The fraction of sp³-hybridized carbons (Fsp3) is 0.520. The van der Waals surface area contributed by atoms with E-state index in [0.717, 1.165) is 5.01 Å². The molecule has 3 N–H and O–H groups in total. The van der Waals surface area contributed by atoms with Gasteiger partial charge < -0.3 is 15.5 Å². The van der Waals surface area contributed by atoms with Crippen LogP contribution in [0.1, 0.15) is 33.1 Å². The third-order valence-corrected chi connectivity index (χ3v) is 6.85. The van der Waals surface area contributed by atoms with Crippen LogP contribution in [0.2, 0.25) is 0 Å². The van der Waals surface area contributed by atoms with Gasteiger partial charge >= 0.3 is 6.03 Å². The van der Waals surface area contributed by atoms with Crippen LogP contribution in [0.5, 0.6) is 0 Å². The zero-order chi connectivity index (χ0) is 26.0. The van der Waals surface area contributed by atoms with Crippen LogP contribution in [0.3, 0.4) is 0 Å². The SMILES string of the molecule is C=CCN1C(=O)C2CCC(C(=O)NCC(C)C)CC2N2C(=O)N(CC(=O)Nc3cccc(F)c3)NC12. The second-order valence-corrected chi connectivity index (χ2v) is 9.94. The Morgan fingerprint density at radius 1 is 1.28 bits per heavy atom. The standard InChI is InChI=1S/C25H33FN6O4/c1-4-10-30-23(35)19-9-8-16(22(34)27-13-15(2)3)11-20(19)32-24(30)29-31(25(32)36)14-21(33)28-18-7-5-6-17(26)12-18/h4-7,12,15-16,19-20,24,29H,1,8-11,13-14H2,2-3H3,(H,27,34)(H,28,33). The maximum absolute atomic E-state index is 13.5. The minimum atomic E-state index is -0.788. The number of carbonyl (C=O) groups excluding carboxylic acids is 4. The highest BCUT2D eigenvalue weighted by Crippen LogP contribution is 2.40. The molecule has 0 bridgehead atoms. The van der Waals surface area contributed by atoms with E-state index in [1.807, 2.05) is 13.8 Å². The molecule has 0 aromatic heterocycles. The van der Waals surface area contributed by atoms with Crippen LogP contribution < -0.4 is 16.1 Å². The Morgan fingerprint density at radius 2 is 2.06 bits per heavy atom. The number of amides is 5. The Bertz CT molecular complexity index is 1050. The number of halogens is 1. The van der Waals surface area contributed by atoms with E-state index in [-0.39, 0.29) is 36.5 Å². The van der Waals surface area contributed by atoms with Crippen molar-refractivity contribution in [1.82, 2.24) is 25.6 Å². The van der Waals surface area contributed by atoms with Crippen molar-refractivity contribution >= 4 is 29.4 Å². The molecular weight excluding hydrogens is 467 g/mol. The quantitative estimate of drug-likeness (QED) is 0.472. The molecule has 4 rings (SSSR count). The lowest BCUT2D eigenvalue weighted by Crippen LogP contribution is -2.67. The molecule has 1 aromatic rings. The van der Waals surface area contributed by atoms with Crippen molar-refractivity contribution in [3.63, 3.8) is 0 Å². The molecule has 3 fully saturated rings. The van der Waals surface area contributed by atoms with Crippen LogP contribution >= 0.6 is 0 Å². The fourth-order valence-electron chi connectivity index (χ4n) is 5.16. The Kier molecular flexibility index (Phi) is 7.58. The summed E-state index contributed by atoms with van der Waals surface area (Å²) in [6.45, 7) is 8.22. The van der Waals surface area contributed by atoms with E-state index in [4.69, 9.17) is 0 Å². The molecule has 0 spiro atoms. The van der Waals surface area contributed by atoms with Gasteiger partial charge in [0.15, 0.2) is 6.29 Å². The molecule has 10 nitrogen and oxygen atoms in total. The molecule has 11 heteroatoms. The van der Waals surface area contributed by atoms with E-state index in [1.54, 1.807) is 17.0 Å². The molecule has 2 heterocycles. The minimum Gasteiger partial charge on any atom is -0.356 e. The third kappa shape index (κ3) is 5.20. The second kappa shape index (κ2) is 10.7. The van der Waals surface area contributed by atoms with Crippen LogP contribution in [0.4, 0.5) is 14.9 Å². The number of anilines is 1. The highest BCUT2D eigenvalue weighted by Gasteiger charge is 2.56. The molecule has 5 amide bonds. The Balaban J connectivity index is 1.50. The molecule has 4 atom stereocenters. The molecule has 194 valence electrons. The van der Waals surface area contributed by atoms with Crippen molar-refractivity contribution in [1.29, 1.82) is 0 Å². The van der Waals surface area contributed by atoms with Gasteiger partial charge in [0.05, 0.1) is 5.92 Å². The number of benzene rings is 1. The average Bonchev–Trinajstić information content (AvgIpc) is 3.15. The smallest absolute Gasteiger partial charge is 0.337 e. The van der Waals surface area contributed by atoms with Crippen molar-refractivity contribution in [2.75, 3.05) is 25.0 Å². The zero-order valence-electron chi connectivity index (χ0n) is 20.6. The predicted molar refractivity (Wildman–Crippen MR) is 130 cm³/mol. The molecule has 2 aliphatic heterocycles. The monoisotopic (exact) mass is 500 g/mol. The van der Waals surface area contributed by atoms with Crippen LogP contribution in [-0.4, -0.2) is 70.5 Å². The molecule has 0 radical (unpaired) electrons. The maximum Gasteiger partial charge on any atom is 0.337 e. The minimum absolute atomic E-state index is 0.0643. The van der Waals surface area contributed by atoms with Crippen molar-refractivity contribution in [3.05, 3.63) is 42.7 Å². The highest BCUT2D eigenvalue weighted by atomic mass is 19.1. The first kappa shape index (κ1) is 25.6. The van der Waals surface area contributed by atoms with Crippen molar-refractivity contribution in [3.8, 4) is 0 Å². The van der Waals surface area contributed by atoms with Gasteiger partial charge in [-0.05, 0) is 43.4 Å². The number of hydrazine groups is 1. The van der Waals surface area contributed by atoms with Gasteiger partial charge in [0.25, 0.3) is 0 Å². The van der Waals surface area contributed by atoms with E-state index in [1.165, 1.54) is 23.1 Å². The summed E-state index contributed by atoms with van der Waals surface area (Å²) in [6.07, 6.45) is 2.23. The van der Waals surface area contributed by atoms with Gasteiger partial charge in [-0.2, -0.15) is 5.43 Å². The molecular formula is C25H33FN6O4.